The summed E-state index contributed by atoms with van der Waals surface area (Å²) in [4.78, 5) is 14.4. The SMILES string of the molecule is C=CCNc1nnc(SCC(=O)N2C(C)CCCC2C)s1. The van der Waals surface area contributed by atoms with Crippen molar-refractivity contribution in [2.24, 2.45) is 0 Å². The van der Waals surface area contributed by atoms with Crippen molar-refractivity contribution in [2.45, 2.75) is 49.5 Å². The molecule has 1 aromatic rings. The standard InChI is InChI=1S/C14H22N4OS2/c1-4-8-15-13-16-17-14(21-13)20-9-12(19)18-10(2)6-5-7-11(18)3/h4,10-11H,1,5-9H2,2-3H3,(H,15,16). The number of rotatable bonds is 6. The molecule has 21 heavy (non-hydrogen) atoms. The highest BCUT2D eigenvalue weighted by Gasteiger charge is 2.28. The predicted molar refractivity (Wildman–Crippen MR) is 88.9 cm³/mol. The molecule has 116 valence electrons. The lowest BCUT2D eigenvalue weighted by molar-refractivity contribution is -0.134. The highest BCUT2D eigenvalue weighted by atomic mass is 32.2. The molecular formula is C14H22N4OS2. The van der Waals surface area contributed by atoms with E-state index in [2.05, 4.69) is 35.9 Å². The number of hydrogen-bond acceptors (Lipinski definition) is 6. The van der Waals surface area contributed by atoms with E-state index in [9.17, 15) is 4.79 Å². The number of piperidine rings is 1. The Labute approximate surface area is 134 Å². The summed E-state index contributed by atoms with van der Waals surface area (Å²) in [6.07, 6.45) is 5.20. The first-order chi connectivity index (χ1) is 10.1. The van der Waals surface area contributed by atoms with Gasteiger partial charge in [0, 0.05) is 18.6 Å². The molecule has 1 aliphatic rings. The first kappa shape index (κ1) is 16.3. The second-order valence-electron chi connectivity index (χ2n) is 5.26. The summed E-state index contributed by atoms with van der Waals surface area (Å²) in [7, 11) is 0. The van der Waals surface area contributed by atoms with E-state index in [1.165, 1.54) is 29.5 Å². The van der Waals surface area contributed by atoms with Crippen molar-refractivity contribution in [3.8, 4) is 0 Å². The van der Waals surface area contributed by atoms with Gasteiger partial charge in [0.1, 0.15) is 0 Å². The molecule has 0 aliphatic carbocycles. The molecule has 0 aromatic carbocycles. The van der Waals surface area contributed by atoms with E-state index in [1.54, 1.807) is 6.08 Å². The Hall–Kier alpha value is -1.08. The van der Waals surface area contributed by atoms with Crippen molar-refractivity contribution in [2.75, 3.05) is 17.6 Å². The van der Waals surface area contributed by atoms with E-state index in [4.69, 9.17) is 0 Å². The molecule has 2 atom stereocenters. The molecule has 0 bridgehead atoms. The van der Waals surface area contributed by atoms with Gasteiger partial charge in [-0.3, -0.25) is 4.79 Å². The minimum absolute atomic E-state index is 0.204. The van der Waals surface area contributed by atoms with Crippen molar-refractivity contribution in [1.82, 2.24) is 15.1 Å². The average Bonchev–Trinajstić information content (AvgIpc) is 2.90. The molecule has 7 heteroatoms. The number of likely N-dealkylation sites (tertiary alicyclic amines) is 1. The monoisotopic (exact) mass is 326 g/mol. The lowest BCUT2D eigenvalue weighted by atomic mass is 9.98. The van der Waals surface area contributed by atoms with Gasteiger partial charge in [-0.1, -0.05) is 29.2 Å². The fourth-order valence-electron chi connectivity index (χ4n) is 2.61. The van der Waals surface area contributed by atoms with Crippen molar-refractivity contribution < 1.29 is 4.79 Å². The summed E-state index contributed by atoms with van der Waals surface area (Å²) in [5, 5.41) is 12.0. The van der Waals surface area contributed by atoms with Gasteiger partial charge < -0.3 is 10.2 Å². The quantitative estimate of drug-likeness (QED) is 0.643. The second-order valence-corrected chi connectivity index (χ2v) is 7.46. The first-order valence-electron chi connectivity index (χ1n) is 7.24. The molecule has 5 nitrogen and oxygen atoms in total. The summed E-state index contributed by atoms with van der Waals surface area (Å²) in [6.45, 7) is 8.59. The molecule has 0 spiro atoms. The third-order valence-electron chi connectivity index (χ3n) is 3.60. The Morgan fingerprint density at radius 3 is 2.86 bits per heavy atom. The molecule has 2 rings (SSSR count). The molecule has 2 unspecified atom stereocenters. The normalized spacial score (nSPS) is 22.1. The molecule has 2 heterocycles. The van der Waals surface area contributed by atoms with Gasteiger partial charge in [-0.15, -0.1) is 16.8 Å². The van der Waals surface area contributed by atoms with E-state index in [-0.39, 0.29) is 5.91 Å². The molecule has 0 radical (unpaired) electrons. The zero-order valence-corrected chi connectivity index (χ0v) is 14.2. The molecule has 1 aromatic heterocycles. The predicted octanol–water partition coefficient (Wildman–Crippen LogP) is 3.02. The third kappa shape index (κ3) is 4.44. The molecule has 1 N–H and O–H groups in total. The van der Waals surface area contributed by atoms with Crippen LogP contribution >= 0.6 is 23.1 Å². The maximum Gasteiger partial charge on any atom is 0.233 e. The van der Waals surface area contributed by atoms with Crippen LogP contribution in [0, 0.1) is 0 Å². The van der Waals surface area contributed by atoms with E-state index in [0.29, 0.717) is 24.4 Å². The van der Waals surface area contributed by atoms with E-state index >= 15 is 0 Å². The van der Waals surface area contributed by atoms with Gasteiger partial charge in [0.25, 0.3) is 0 Å². The Morgan fingerprint density at radius 1 is 1.48 bits per heavy atom. The number of carbonyl (C=O) groups excluding carboxylic acids is 1. The second kappa shape index (κ2) is 7.79. The largest absolute Gasteiger partial charge is 0.357 e. The van der Waals surface area contributed by atoms with Crippen molar-refractivity contribution in [3.63, 3.8) is 0 Å². The summed E-state index contributed by atoms with van der Waals surface area (Å²) in [5.41, 5.74) is 0. The summed E-state index contributed by atoms with van der Waals surface area (Å²) in [5.74, 6) is 0.639. The van der Waals surface area contributed by atoms with Gasteiger partial charge in [0.05, 0.1) is 5.75 Å². The Morgan fingerprint density at radius 2 is 2.19 bits per heavy atom. The highest BCUT2D eigenvalue weighted by molar-refractivity contribution is 8.01. The number of nitrogens with one attached hydrogen (secondary N) is 1. The van der Waals surface area contributed by atoms with Gasteiger partial charge in [-0.2, -0.15) is 0 Å². The first-order valence-corrected chi connectivity index (χ1v) is 9.04. The van der Waals surface area contributed by atoms with Crippen LogP contribution < -0.4 is 5.32 Å². The van der Waals surface area contributed by atoms with E-state index in [1.807, 2.05) is 4.90 Å². The van der Waals surface area contributed by atoms with Crippen LogP contribution in [0.2, 0.25) is 0 Å². The van der Waals surface area contributed by atoms with Gasteiger partial charge in [-0.05, 0) is 33.1 Å². The molecule has 1 fully saturated rings. The van der Waals surface area contributed by atoms with Gasteiger partial charge in [-0.25, -0.2) is 0 Å². The molecule has 1 amide bonds. The maximum atomic E-state index is 12.4. The minimum Gasteiger partial charge on any atom is -0.357 e. The fourth-order valence-corrected chi connectivity index (χ4v) is 4.24. The van der Waals surface area contributed by atoms with Crippen LogP contribution in [0.5, 0.6) is 0 Å². The van der Waals surface area contributed by atoms with E-state index < -0.39 is 0 Å². The van der Waals surface area contributed by atoms with E-state index in [0.717, 1.165) is 22.3 Å². The van der Waals surface area contributed by atoms with Gasteiger partial charge in [0.15, 0.2) is 4.34 Å². The third-order valence-corrected chi connectivity index (χ3v) is 5.60. The summed E-state index contributed by atoms with van der Waals surface area (Å²) >= 11 is 2.94. The Bertz CT molecular complexity index is 481. The molecule has 1 saturated heterocycles. The van der Waals surface area contributed by atoms with Gasteiger partial charge in [0.2, 0.25) is 11.0 Å². The number of carbonyl (C=O) groups is 1. The topological polar surface area (TPSA) is 58.1 Å². The number of amides is 1. The number of aromatic nitrogens is 2. The van der Waals surface area contributed by atoms with Crippen molar-refractivity contribution in [3.05, 3.63) is 12.7 Å². The number of hydrogen-bond donors (Lipinski definition) is 1. The van der Waals surface area contributed by atoms with Crippen LogP contribution in [-0.2, 0) is 4.79 Å². The smallest absolute Gasteiger partial charge is 0.233 e. The summed E-state index contributed by atoms with van der Waals surface area (Å²) in [6, 6.07) is 0.696. The van der Waals surface area contributed by atoms with Crippen LogP contribution in [0.3, 0.4) is 0 Å². The lowest BCUT2D eigenvalue weighted by Crippen LogP contribution is -2.48. The van der Waals surface area contributed by atoms with Crippen molar-refractivity contribution >= 4 is 34.1 Å². The fraction of sp³-hybridized carbons (Fsp3) is 0.643. The van der Waals surface area contributed by atoms with Crippen molar-refractivity contribution in [1.29, 1.82) is 0 Å². The van der Waals surface area contributed by atoms with Crippen LogP contribution in [0.4, 0.5) is 5.13 Å². The maximum absolute atomic E-state index is 12.4. The average molecular weight is 326 g/mol. The number of thioether (sulfide) groups is 1. The highest BCUT2D eigenvalue weighted by Crippen LogP contribution is 2.28. The summed E-state index contributed by atoms with van der Waals surface area (Å²) < 4.78 is 0.826. The number of nitrogens with zero attached hydrogens (tertiary/aromatic N) is 3. The van der Waals surface area contributed by atoms with Gasteiger partial charge >= 0.3 is 0 Å². The Balaban J connectivity index is 1.85. The minimum atomic E-state index is 0.204. The molecule has 0 saturated carbocycles. The zero-order chi connectivity index (χ0) is 15.2. The van der Waals surface area contributed by atoms with Crippen LogP contribution in [0.1, 0.15) is 33.1 Å². The lowest BCUT2D eigenvalue weighted by Gasteiger charge is -2.39. The van der Waals surface area contributed by atoms with Crippen LogP contribution in [0.25, 0.3) is 0 Å². The zero-order valence-electron chi connectivity index (χ0n) is 12.5. The number of anilines is 1. The Kier molecular flexibility index (Phi) is 6.05. The molecular weight excluding hydrogens is 304 g/mol. The molecule has 1 aliphatic heterocycles. The van der Waals surface area contributed by atoms with Crippen LogP contribution in [0.15, 0.2) is 17.0 Å². The van der Waals surface area contributed by atoms with Crippen LogP contribution in [-0.4, -0.2) is 45.4 Å².